The summed E-state index contributed by atoms with van der Waals surface area (Å²) in [5.41, 5.74) is 1.10. The molecule has 7 heteroatoms. The Labute approximate surface area is 118 Å². The molecule has 0 spiro atoms. The summed E-state index contributed by atoms with van der Waals surface area (Å²) < 4.78 is 15.6. The van der Waals surface area contributed by atoms with E-state index in [2.05, 4.69) is 15.0 Å². The largest absolute Gasteiger partial charge is 0.508 e. The van der Waals surface area contributed by atoms with Crippen LogP contribution in [0.15, 0.2) is 18.2 Å². The molecule has 5 nitrogen and oxygen atoms in total. The van der Waals surface area contributed by atoms with Gasteiger partial charge in [-0.1, -0.05) is 11.6 Å². The van der Waals surface area contributed by atoms with E-state index < -0.39 is 5.82 Å². The van der Waals surface area contributed by atoms with Crippen molar-refractivity contribution in [3.8, 4) is 11.4 Å². The van der Waals surface area contributed by atoms with Gasteiger partial charge in [-0.3, -0.25) is 4.57 Å². The lowest BCUT2D eigenvalue weighted by atomic mass is 10.3. The molecule has 0 saturated carbocycles. The van der Waals surface area contributed by atoms with E-state index in [-0.39, 0.29) is 16.6 Å². The number of aromatic nitrogens is 4. The average Bonchev–Trinajstić information content (AvgIpc) is 2.67. The number of benzene rings is 1. The zero-order valence-corrected chi connectivity index (χ0v) is 11.5. The molecule has 0 aliphatic heterocycles. The van der Waals surface area contributed by atoms with Crippen molar-refractivity contribution in [1.82, 2.24) is 19.5 Å². The molecule has 1 aromatic carbocycles. The minimum atomic E-state index is -0.570. The topological polar surface area (TPSA) is 63.8 Å². The minimum absolute atomic E-state index is 0.142. The van der Waals surface area contributed by atoms with Crippen molar-refractivity contribution < 1.29 is 9.50 Å². The molecule has 3 rings (SSSR count). The average molecular weight is 293 g/mol. The van der Waals surface area contributed by atoms with Crippen LogP contribution in [0.4, 0.5) is 4.39 Å². The quantitative estimate of drug-likeness (QED) is 0.700. The normalized spacial score (nSPS) is 11.2. The van der Waals surface area contributed by atoms with Crippen LogP contribution in [-0.2, 0) is 0 Å². The second-order valence-electron chi connectivity index (χ2n) is 4.36. The first-order chi connectivity index (χ1) is 9.47. The molecule has 3 aromatic rings. The van der Waals surface area contributed by atoms with Crippen LogP contribution in [0.25, 0.3) is 16.9 Å². The van der Waals surface area contributed by atoms with E-state index in [0.29, 0.717) is 22.8 Å². The predicted octanol–water partition coefficient (Wildman–Crippen LogP) is 2.93. The number of hydrogen-bond donors (Lipinski definition) is 1. The van der Waals surface area contributed by atoms with E-state index in [1.807, 2.05) is 0 Å². The van der Waals surface area contributed by atoms with Crippen LogP contribution < -0.4 is 0 Å². The SMILES string of the molecule is Cc1nc(Cl)c2nc(C)n(-c3ccc(O)cc3F)c2n1. The number of phenols is 1. The van der Waals surface area contributed by atoms with E-state index in [1.54, 1.807) is 18.4 Å². The Morgan fingerprint density at radius 2 is 1.95 bits per heavy atom. The minimum Gasteiger partial charge on any atom is -0.508 e. The highest BCUT2D eigenvalue weighted by Gasteiger charge is 2.17. The molecular weight excluding hydrogens is 283 g/mol. The molecule has 0 unspecified atom stereocenters. The third-order valence-electron chi connectivity index (χ3n) is 2.92. The molecule has 0 atom stereocenters. The zero-order chi connectivity index (χ0) is 14.4. The first kappa shape index (κ1) is 12.8. The Morgan fingerprint density at radius 3 is 2.65 bits per heavy atom. The number of phenolic OH excluding ortho intramolecular Hbond substituents is 1. The van der Waals surface area contributed by atoms with Crippen molar-refractivity contribution in [2.45, 2.75) is 13.8 Å². The molecule has 2 aromatic heterocycles. The fourth-order valence-corrected chi connectivity index (χ4v) is 2.35. The molecule has 0 radical (unpaired) electrons. The molecule has 0 aliphatic carbocycles. The van der Waals surface area contributed by atoms with Gasteiger partial charge in [0.1, 0.15) is 22.9 Å². The van der Waals surface area contributed by atoms with Crippen LogP contribution in [0.1, 0.15) is 11.6 Å². The van der Waals surface area contributed by atoms with Crippen LogP contribution >= 0.6 is 11.6 Å². The molecule has 0 amide bonds. The summed E-state index contributed by atoms with van der Waals surface area (Å²) in [6.45, 7) is 3.42. The second-order valence-corrected chi connectivity index (χ2v) is 4.72. The van der Waals surface area contributed by atoms with Gasteiger partial charge in [0.2, 0.25) is 0 Å². The lowest BCUT2D eigenvalue weighted by molar-refractivity contribution is 0.468. The number of halogens is 2. The fourth-order valence-electron chi connectivity index (χ4n) is 2.10. The first-order valence-electron chi connectivity index (χ1n) is 5.85. The van der Waals surface area contributed by atoms with Gasteiger partial charge < -0.3 is 5.11 Å². The van der Waals surface area contributed by atoms with Crippen LogP contribution in [0.3, 0.4) is 0 Å². The highest BCUT2D eigenvalue weighted by molar-refractivity contribution is 6.33. The molecule has 2 heterocycles. The molecule has 0 saturated heterocycles. The number of aromatic hydroxyl groups is 1. The van der Waals surface area contributed by atoms with E-state index in [1.165, 1.54) is 12.1 Å². The summed E-state index contributed by atoms with van der Waals surface area (Å²) in [6, 6.07) is 3.90. The predicted molar refractivity (Wildman–Crippen MR) is 72.8 cm³/mol. The summed E-state index contributed by atoms with van der Waals surface area (Å²) in [4.78, 5) is 12.6. The lowest BCUT2D eigenvalue weighted by Gasteiger charge is -2.08. The monoisotopic (exact) mass is 292 g/mol. The van der Waals surface area contributed by atoms with Gasteiger partial charge in [0.25, 0.3) is 0 Å². The molecular formula is C13H10ClFN4O. The van der Waals surface area contributed by atoms with Gasteiger partial charge in [-0.15, -0.1) is 0 Å². The maximum atomic E-state index is 14.0. The van der Waals surface area contributed by atoms with Crippen molar-refractivity contribution in [1.29, 1.82) is 0 Å². The van der Waals surface area contributed by atoms with Gasteiger partial charge >= 0.3 is 0 Å². The summed E-state index contributed by atoms with van der Waals surface area (Å²) in [6.07, 6.45) is 0. The van der Waals surface area contributed by atoms with Crippen molar-refractivity contribution in [3.05, 3.63) is 40.8 Å². The maximum absolute atomic E-state index is 14.0. The Hall–Kier alpha value is -2.21. The maximum Gasteiger partial charge on any atom is 0.170 e. The molecule has 20 heavy (non-hydrogen) atoms. The number of hydrogen-bond acceptors (Lipinski definition) is 4. The fraction of sp³-hybridized carbons (Fsp3) is 0.154. The number of aryl methyl sites for hydroxylation is 2. The molecule has 0 fully saturated rings. The zero-order valence-electron chi connectivity index (χ0n) is 10.7. The van der Waals surface area contributed by atoms with Crippen molar-refractivity contribution in [3.63, 3.8) is 0 Å². The number of fused-ring (bicyclic) bond motifs is 1. The second kappa shape index (κ2) is 4.42. The van der Waals surface area contributed by atoms with Crippen LogP contribution in [0.2, 0.25) is 5.15 Å². The van der Waals surface area contributed by atoms with Crippen molar-refractivity contribution in [2.24, 2.45) is 0 Å². The number of nitrogens with zero attached hydrogens (tertiary/aromatic N) is 4. The van der Waals surface area contributed by atoms with Gasteiger partial charge in [0, 0.05) is 6.07 Å². The van der Waals surface area contributed by atoms with E-state index in [4.69, 9.17) is 11.6 Å². The van der Waals surface area contributed by atoms with Gasteiger partial charge in [-0.05, 0) is 26.0 Å². The van der Waals surface area contributed by atoms with Crippen LogP contribution in [0, 0.1) is 19.7 Å². The van der Waals surface area contributed by atoms with Crippen LogP contribution in [0.5, 0.6) is 5.75 Å². The van der Waals surface area contributed by atoms with E-state index in [0.717, 1.165) is 6.07 Å². The van der Waals surface area contributed by atoms with Gasteiger partial charge in [-0.2, -0.15) is 0 Å². The Bertz CT molecular complexity index is 831. The summed E-state index contributed by atoms with van der Waals surface area (Å²) in [5, 5.41) is 9.52. The molecule has 1 N–H and O–H groups in total. The third-order valence-corrected chi connectivity index (χ3v) is 3.18. The third kappa shape index (κ3) is 1.89. The van der Waals surface area contributed by atoms with E-state index >= 15 is 0 Å². The summed E-state index contributed by atoms with van der Waals surface area (Å²) in [5.74, 6) is 0.297. The first-order valence-corrected chi connectivity index (χ1v) is 6.23. The molecule has 102 valence electrons. The highest BCUT2D eigenvalue weighted by atomic mass is 35.5. The Balaban J connectivity index is 2.38. The Morgan fingerprint density at radius 1 is 1.20 bits per heavy atom. The van der Waals surface area contributed by atoms with Gasteiger partial charge in [0.05, 0.1) is 5.69 Å². The highest BCUT2D eigenvalue weighted by Crippen LogP contribution is 2.27. The van der Waals surface area contributed by atoms with Crippen molar-refractivity contribution >= 4 is 22.8 Å². The number of imidazole rings is 1. The van der Waals surface area contributed by atoms with Gasteiger partial charge in [0.15, 0.2) is 16.6 Å². The summed E-state index contributed by atoms with van der Waals surface area (Å²) >= 11 is 6.04. The smallest absolute Gasteiger partial charge is 0.170 e. The van der Waals surface area contributed by atoms with Crippen LogP contribution in [-0.4, -0.2) is 24.6 Å². The number of rotatable bonds is 1. The van der Waals surface area contributed by atoms with E-state index in [9.17, 15) is 9.50 Å². The Kier molecular flexibility index (Phi) is 2.83. The lowest BCUT2D eigenvalue weighted by Crippen LogP contribution is -2.02. The van der Waals surface area contributed by atoms with Gasteiger partial charge in [-0.25, -0.2) is 19.3 Å². The van der Waals surface area contributed by atoms with Crippen molar-refractivity contribution in [2.75, 3.05) is 0 Å². The summed E-state index contributed by atoms with van der Waals surface area (Å²) in [7, 11) is 0. The molecule has 0 aliphatic rings. The standard InChI is InChI=1S/C13H10ClFN4O/c1-6-16-12(14)11-13(17-6)19(7(2)18-11)10-4-3-8(20)5-9(10)15/h3-5,20H,1-2H3. The molecule has 0 bridgehead atoms.